The Hall–Kier alpha value is -1.33. The molecule has 0 aromatic carbocycles. The molecule has 1 aliphatic rings. The minimum atomic E-state index is -0.327. The van der Waals surface area contributed by atoms with Gasteiger partial charge in [-0.1, -0.05) is 11.6 Å². The normalized spacial score (nSPS) is 21.9. The van der Waals surface area contributed by atoms with Crippen LogP contribution in [0.25, 0.3) is 0 Å². The average molecular weight is 310 g/mol. The van der Waals surface area contributed by atoms with Gasteiger partial charge in [-0.05, 0) is 38.0 Å². The fourth-order valence-corrected chi connectivity index (χ4v) is 4.64. The number of carbonyl (C=O) groups excluding carboxylic acids is 1. The fraction of sp³-hybridized carbons (Fsp3) is 0.429. The van der Waals surface area contributed by atoms with Gasteiger partial charge >= 0.3 is 6.03 Å². The lowest BCUT2D eigenvalue weighted by Gasteiger charge is -2.37. The van der Waals surface area contributed by atoms with Crippen LogP contribution < -0.4 is 0 Å². The van der Waals surface area contributed by atoms with E-state index >= 15 is 0 Å². The topological polar surface area (TPSA) is 38.1 Å². The lowest BCUT2D eigenvalue weighted by atomic mass is 9.97. The molecule has 20 heavy (non-hydrogen) atoms. The van der Waals surface area contributed by atoms with Crippen LogP contribution in [-0.2, 0) is 6.42 Å². The minimum Gasteiger partial charge on any atom is -0.299 e. The molecule has 6 heteroatoms. The van der Waals surface area contributed by atoms with Gasteiger partial charge in [0, 0.05) is 28.6 Å². The second-order valence-corrected chi connectivity index (χ2v) is 6.89. The largest absolute Gasteiger partial charge is 0.346 e. The Morgan fingerprint density at radius 1 is 1.50 bits per heavy atom. The average Bonchev–Trinajstić information content (AvgIpc) is 2.99. The Balaban J connectivity index is 2.01. The molecule has 1 aliphatic heterocycles. The number of halogens is 1. The zero-order valence-electron chi connectivity index (χ0n) is 11.6. The van der Waals surface area contributed by atoms with Gasteiger partial charge < -0.3 is 0 Å². The first kappa shape index (κ1) is 13.6. The smallest absolute Gasteiger partial charge is 0.299 e. The summed E-state index contributed by atoms with van der Waals surface area (Å²) in [6.45, 7) is 6.27. The van der Waals surface area contributed by atoms with Crippen molar-refractivity contribution in [2.24, 2.45) is 0 Å². The van der Waals surface area contributed by atoms with E-state index in [-0.39, 0.29) is 17.6 Å². The summed E-state index contributed by atoms with van der Waals surface area (Å²) in [5, 5.41) is 4.01. The van der Waals surface area contributed by atoms with E-state index in [4.69, 9.17) is 11.6 Å². The molecular formula is C14H16ClN3OS. The molecule has 3 rings (SSSR count). The summed E-state index contributed by atoms with van der Waals surface area (Å²) in [5.74, 6) is 0. The van der Waals surface area contributed by atoms with Crippen molar-refractivity contribution in [1.82, 2.24) is 14.7 Å². The molecule has 0 saturated carbocycles. The summed E-state index contributed by atoms with van der Waals surface area (Å²) in [4.78, 5) is 16.9. The number of aromatic nitrogens is 2. The standard InChI is InChI=1S/C14H16ClN3OS/c1-8-10(3)20-11-7-12(15)18(9(2)13(8)11)14(19)17-6-4-5-16-17/h4-6,9,12H,7H2,1-3H3. The molecule has 0 N–H and O–H groups in total. The number of hydrogen-bond acceptors (Lipinski definition) is 3. The van der Waals surface area contributed by atoms with Crippen LogP contribution in [0.15, 0.2) is 18.5 Å². The van der Waals surface area contributed by atoms with E-state index in [2.05, 4.69) is 18.9 Å². The van der Waals surface area contributed by atoms with E-state index in [1.807, 2.05) is 6.92 Å². The van der Waals surface area contributed by atoms with Gasteiger partial charge in [0.05, 0.1) is 6.04 Å². The number of hydrogen-bond donors (Lipinski definition) is 0. The van der Waals surface area contributed by atoms with Crippen LogP contribution in [0.3, 0.4) is 0 Å². The van der Waals surface area contributed by atoms with Crippen LogP contribution in [0, 0.1) is 13.8 Å². The quantitative estimate of drug-likeness (QED) is 0.549. The molecule has 0 saturated heterocycles. The van der Waals surface area contributed by atoms with Crippen molar-refractivity contribution in [1.29, 1.82) is 0 Å². The Bertz CT molecular complexity index is 650. The monoisotopic (exact) mass is 309 g/mol. The van der Waals surface area contributed by atoms with Crippen molar-refractivity contribution in [2.75, 3.05) is 0 Å². The van der Waals surface area contributed by atoms with Crippen LogP contribution >= 0.6 is 22.9 Å². The van der Waals surface area contributed by atoms with E-state index in [0.29, 0.717) is 6.42 Å². The number of rotatable bonds is 0. The zero-order chi connectivity index (χ0) is 14.4. The predicted octanol–water partition coefficient (Wildman–Crippen LogP) is 3.71. The molecule has 1 amide bonds. The van der Waals surface area contributed by atoms with E-state index in [1.165, 1.54) is 25.6 Å². The van der Waals surface area contributed by atoms with Gasteiger partial charge in [-0.3, -0.25) is 4.90 Å². The molecule has 0 fully saturated rings. The van der Waals surface area contributed by atoms with Gasteiger partial charge in [-0.25, -0.2) is 4.79 Å². The highest BCUT2D eigenvalue weighted by Gasteiger charge is 2.37. The molecule has 0 radical (unpaired) electrons. The number of carbonyl (C=O) groups is 1. The minimum absolute atomic E-state index is 0.0251. The number of amides is 1. The summed E-state index contributed by atoms with van der Waals surface area (Å²) in [5.41, 5.74) is 2.20. The molecule has 3 heterocycles. The predicted molar refractivity (Wildman–Crippen MR) is 80.4 cm³/mol. The van der Waals surface area contributed by atoms with Crippen LogP contribution in [0.2, 0.25) is 0 Å². The summed E-state index contributed by atoms with van der Waals surface area (Å²) in [6, 6.07) is 1.54. The van der Waals surface area contributed by atoms with Crippen molar-refractivity contribution >= 4 is 29.0 Å². The van der Waals surface area contributed by atoms with Gasteiger partial charge in [0.25, 0.3) is 0 Å². The highest BCUT2D eigenvalue weighted by atomic mass is 35.5. The Morgan fingerprint density at radius 2 is 2.25 bits per heavy atom. The Kier molecular flexibility index (Phi) is 3.34. The van der Waals surface area contributed by atoms with E-state index in [9.17, 15) is 4.79 Å². The molecule has 2 unspecified atom stereocenters. The first-order chi connectivity index (χ1) is 9.50. The fourth-order valence-electron chi connectivity index (χ4n) is 2.83. The van der Waals surface area contributed by atoms with Crippen LogP contribution in [0.5, 0.6) is 0 Å². The van der Waals surface area contributed by atoms with Crippen molar-refractivity contribution < 1.29 is 4.79 Å². The summed E-state index contributed by atoms with van der Waals surface area (Å²) >= 11 is 8.24. The number of nitrogens with zero attached hydrogens (tertiary/aromatic N) is 3. The molecule has 2 aromatic heterocycles. The highest BCUT2D eigenvalue weighted by molar-refractivity contribution is 7.12. The molecule has 106 valence electrons. The third kappa shape index (κ3) is 1.96. The molecule has 2 atom stereocenters. The Morgan fingerprint density at radius 3 is 2.90 bits per heavy atom. The molecule has 0 spiro atoms. The summed E-state index contributed by atoms with van der Waals surface area (Å²) in [6.07, 6.45) is 3.95. The Labute approximate surface area is 127 Å². The number of alkyl halides is 1. The lowest BCUT2D eigenvalue weighted by molar-refractivity contribution is 0.163. The van der Waals surface area contributed by atoms with Crippen LogP contribution in [0.4, 0.5) is 4.79 Å². The third-order valence-electron chi connectivity index (χ3n) is 3.92. The van der Waals surface area contributed by atoms with Crippen molar-refractivity contribution in [3.63, 3.8) is 0 Å². The van der Waals surface area contributed by atoms with Crippen molar-refractivity contribution in [2.45, 2.75) is 38.7 Å². The van der Waals surface area contributed by atoms with Crippen LogP contribution in [0.1, 0.15) is 33.8 Å². The zero-order valence-corrected chi connectivity index (χ0v) is 13.2. The number of thiophene rings is 1. The van der Waals surface area contributed by atoms with Gasteiger partial charge in [-0.2, -0.15) is 9.78 Å². The van der Waals surface area contributed by atoms with Gasteiger partial charge in [0.2, 0.25) is 0 Å². The van der Waals surface area contributed by atoms with E-state index in [1.54, 1.807) is 34.7 Å². The van der Waals surface area contributed by atoms with Crippen LogP contribution in [-0.4, -0.2) is 26.2 Å². The maximum absolute atomic E-state index is 12.6. The second-order valence-electron chi connectivity index (χ2n) is 5.08. The molecular weight excluding hydrogens is 294 g/mol. The molecule has 2 aromatic rings. The molecule has 0 aliphatic carbocycles. The van der Waals surface area contributed by atoms with Gasteiger partial charge in [0.1, 0.15) is 5.50 Å². The second kappa shape index (κ2) is 4.90. The number of fused-ring (bicyclic) bond motifs is 1. The maximum atomic E-state index is 12.6. The number of aryl methyl sites for hydroxylation is 1. The van der Waals surface area contributed by atoms with Crippen molar-refractivity contribution in [3.8, 4) is 0 Å². The summed E-state index contributed by atoms with van der Waals surface area (Å²) < 4.78 is 1.34. The molecule has 0 bridgehead atoms. The first-order valence-corrected chi connectivity index (χ1v) is 7.81. The maximum Gasteiger partial charge on any atom is 0.346 e. The third-order valence-corrected chi connectivity index (χ3v) is 5.53. The lowest BCUT2D eigenvalue weighted by Crippen LogP contribution is -2.45. The van der Waals surface area contributed by atoms with Gasteiger partial charge in [-0.15, -0.1) is 11.3 Å². The summed E-state index contributed by atoms with van der Waals surface area (Å²) in [7, 11) is 0. The van der Waals surface area contributed by atoms with E-state index < -0.39 is 0 Å². The van der Waals surface area contributed by atoms with Crippen molar-refractivity contribution in [3.05, 3.63) is 39.3 Å². The SMILES string of the molecule is Cc1sc2c(c1C)C(C)N(C(=O)n1cccn1)C(Cl)C2. The highest BCUT2D eigenvalue weighted by Crippen LogP contribution is 2.41. The first-order valence-electron chi connectivity index (χ1n) is 6.56. The molecule has 4 nitrogen and oxygen atoms in total. The van der Waals surface area contributed by atoms with E-state index in [0.717, 1.165) is 0 Å². The van der Waals surface area contributed by atoms with Gasteiger partial charge in [0.15, 0.2) is 0 Å².